The lowest BCUT2D eigenvalue weighted by Crippen LogP contribution is -2.71. The quantitative estimate of drug-likeness (QED) is 0.152. The van der Waals surface area contributed by atoms with Crippen LogP contribution in [0.4, 0.5) is 115 Å². The Balaban J connectivity index is 3.62. The van der Waals surface area contributed by atoms with Gasteiger partial charge in [-0.15, -0.1) is 0 Å². The van der Waals surface area contributed by atoms with E-state index in [1.54, 1.807) is 0 Å². The van der Waals surface area contributed by atoms with E-state index in [0.29, 0.717) is 6.92 Å². The van der Waals surface area contributed by atoms with Gasteiger partial charge in [-0.1, -0.05) is 6.92 Å². The number of carboxylic acid groups (broad SMARTS) is 2. The molecule has 1 fully saturated rings. The van der Waals surface area contributed by atoms with E-state index in [-0.39, 0.29) is 0 Å². The van der Waals surface area contributed by atoms with Crippen LogP contribution in [0.15, 0.2) is 0 Å². The third-order valence-corrected chi connectivity index (χ3v) is 8.08. The van der Waals surface area contributed by atoms with Crippen molar-refractivity contribution >= 4 is 12.2 Å². The van der Waals surface area contributed by atoms with Crippen molar-refractivity contribution in [3.63, 3.8) is 0 Å². The molecule has 1 saturated carbocycles. The topological polar surface area (TPSA) is 81.1 Å². The highest BCUT2D eigenvalue weighted by molar-refractivity contribution is 5.66. The average molecular weight is 844 g/mol. The summed E-state index contributed by atoms with van der Waals surface area (Å²) in [6.45, 7) is -6.35. The zero-order valence-corrected chi connectivity index (χ0v) is 25.1. The smallest absolute Gasteiger partial charge is 0.407 e. The third-order valence-electron chi connectivity index (χ3n) is 8.08. The van der Waals surface area contributed by atoms with E-state index in [0.717, 1.165) is 0 Å². The molecule has 0 aliphatic heterocycles. The number of alkyl halides is 24. The number of halogens is 24. The molecule has 2 amide bonds. The second-order valence-electron chi connectivity index (χ2n) is 11.5. The zero-order valence-electron chi connectivity index (χ0n) is 25.1. The molecule has 0 spiro atoms. The van der Waals surface area contributed by atoms with Gasteiger partial charge >= 0.3 is 84.3 Å². The lowest BCUT2D eigenvalue weighted by molar-refractivity contribution is -0.413. The fourth-order valence-electron chi connectivity index (χ4n) is 4.85. The van der Waals surface area contributed by atoms with E-state index in [9.17, 15) is 125 Å². The summed E-state index contributed by atoms with van der Waals surface area (Å²) in [5.74, 6) is -78.8. The van der Waals surface area contributed by atoms with Crippen LogP contribution in [0.3, 0.4) is 0 Å². The lowest BCUT2D eigenvalue weighted by Gasteiger charge is -2.46. The Morgan fingerprint density at radius 2 is 0.830 bits per heavy atom. The van der Waals surface area contributed by atoms with Crippen LogP contribution < -0.4 is 0 Å². The first-order valence-corrected chi connectivity index (χ1v) is 13.4. The molecule has 2 N–H and O–H groups in total. The summed E-state index contributed by atoms with van der Waals surface area (Å²) >= 11 is 0. The normalized spacial score (nSPS) is 20.9. The highest BCUT2D eigenvalue weighted by Crippen LogP contribution is 2.60. The predicted molar refractivity (Wildman–Crippen MR) is 122 cm³/mol. The second-order valence-corrected chi connectivity index (χ2v) is 11.5. The largest absolute Gasteiger partial charge is 0.465 e. The molecule has 0 aromatic heterocycles. The van der Waals surface area contributed by atoms with Crippen LogP contribution in [0, 0.1) is 5.92 Å². The molecular weight excluding hydrogens is 824 g/mol. The van der Waals surface area contributed by atoms with Crippen molar-refractivity contribution in [3.8, 4) is 0 Å². The molecule has 0 radical (unpaired) electrons. The standard InChI is InChI=1S/C23H20F24N2O4/c1-7-2-3-8(48(12(50)51)5-14(28,29)18(36,37)22(44,45)20(40,41)16(32,33)10(24)25)4-9(7)49(13(52)53)6-15(30,31)19(38,39)23(46,47)21(42,43)17(34,35)11(26)27/h7-11H,2-6H2,1H3,(H,50,51)(H,52,53). The first-order valence-electron chi connectivity index (χ1n) is 13.4. The SMILES string of the molecule is CC1CCC(N(CC(F)(F)C(F)(F)C(F)(F)C(F)(F)C(F)(F)C(F)F)C(=O)O)CC1N(CC(F)(F)C(F)(F)C(F)(F)C(F)(F)C(F)(F)C(F)F)C(=O)O. The minimum atomic E-state index is -8.16. The minimum Gasteiger partial charge on any atom is -0.465 e. The van der Waals surface area contributed by atoms with Gasteiger partial charge < -0.3 is 10.2 Å². The van der Waals surface area contributed by atoms with Crippen molar-refractivity contribution in [2.45, 2.75) is 110 Å². The van der Waals surface area contributed by atoms with Crippen molar-refractivity contribution in [1.29, 1.82) is 0 Å². The third kappa shape index (κ3) is 7.47. The van der Waals surface area contributed by atoms with E-state index < -0.39 is 144 Å². The summed E-state index contributed by atoms with van der Waals surface area (Å²) in [6, 6.07) is -5.32. The summed E-state index contributed by atoms with van der Waals surface area (Å²) in [5, 5.41) is 18.6. The highest BCUT2D eigenvalue weighted by Gasteiger charge is 2.89. The number of amides is 2. The van der Waals surface area contributed by atoms with Gasteiger partial charge in [-0.05, 0) is 25.2 Å². The Morgan fingerprint density at radius 3 is 1.11 bits per heavy atom. The van der Waals surface area contributed by atoms with Crippen LogP contribution in [0.5, 0.6) is 0 Å². The van der Waals surface area contributed by atoms with Crippen LogP contribution in [-0.2, 0) is 0 Å². The maximum atomic E-state index is 14.6. The minimum absolute atomic E-state index is 0.693. The first kappa shape index (κ1) is 47.9. The van der Waals surface area contributed by atoms with E-state index >= 15 is 0 Å². The van der Waals surface area contributed by atoms with Gasteiger partial charge in [-0.3, -0.25) is 9.80 Å². The van der Waals surface area contributed by atoms with Crippen molar-refractivity contribution in [2.75, 3.05) is 13.1 Å². The Labute approximate surface area is 277 Å². The summed E-state index contributed by atoms with van der Waals surface area (Å²) in [4.78, 5) is 21.1. The molecule has 0 aromatic rings. The molecule has 1 aliphatic rings. The van der Waals surface area contributed by atoms with E-state index in [1.165, 1.54) is 0 Å². The second kappa shape index (κ2) is 14.2. The molecule has 6 nitrogen and oxygen atoms in total. The summed E-state index contributed by atoms with van der Waals surface area (Å²) < 4.78 is 327. The molecule has 3 atom stereocenters. The van der Waals surface area contributed by atoms with Crippen LogP contribution in [0.2, 0.25) is 0 Å². The molecular formula is C23H20F24N2O4. The van der Waals surface area contributed by atoms with Crippen LogP contribution in [-0.4, -0.2) is 129 Å². The van der Waals surface area contributed by atoms with Crippen molar-refractivity contribution in [3.05, 3.63) is 0 Å². The molecule has 53 heavy (non-hydrogen) atoms. The first-order chi connectivity index (χ1) is 23.1. The summed E-state index contributed by atoms with van der Waals surface area (Å²) in [5.41, 5.74) is 0. The zero-order chi connectivity index (χ0) is 42.7. The van der Waals surface area contributed by atoms with E-state index in [2.05, 4.69) is 0 Å². The van der Waals surface area contributed by atoms with Gasteiger partial charge in [0.05, 0.1) is 13.1 Å². The Morgan fingerprint density at radius 1 is 0.528 bits per heavy atom. The monoisotopic (exact) mass is 844 g/mol. The summed E-state index contributed by atoms with van der Waals surface area (Å²) in [6.07, 6.45) is -21.7. The molecule has 0 saturated heterocycles. The highest BCUT2D eigenvalue weighted by atomic mass is 19.4. The number of carbonyl (C=O) groups is 2. The molecule has 30 heteroatoms. The maximum absolute atomic E-state index is 14.6. The van der Waals surface area contributed by atoms with Gasteiger partial charge in [0.1, 0.15) is 0 Å². The molecule has 0 aromatic carbocycles. The van der Waals surface area contributed by atoms with Crippen molar-refractivity contribution in [2.24, 2.45) is 5.92 Å². The predicted octanol–water partition coefficient (Wildman–Crippen LogP) is 9.39. The van der Waals surface area contributed by atoms with Gasteiger partial charge in [0.15, 0.2) is 0 Å². The van der Waals surface area contributed by atoms with Gasteiger partial charge in [-0.25, -0.2) is 27.2 Å². The summed E-state index contributed by atoms with van der Waals surface area (Å²) in [7, 11) is 0. The van der Waals surface area contributed by atoms with Gasteiger partial charge in [0, 0.05) is 12.1 Å². The van der Waals surface area contributed by atoms with Crippen molar-refractivity contribution < 1.29 is 125 Å². The number of nitrogens with zero attached hydrogens (tertiary/aromatic N) is 2. The van der Waals surface area contributed by atoms with Crippen LogP contribution in [0.25, 0.3) is 0 Å². The Hall–Kier alpha value is -3.14. The fourth-order valence-corrected chi connectivity index (χ4v) is 4.85. The number of hydrogen-bond acceptors (Lipinski definition) is 2. The van der Waals surface area contributed by atoms with Crippen LogP contribution in [0.1, 0.15) is 26.2 Å². The van der Waals surface area contributed by atoms with Crippen molar-refractivity contribution in [1.82, 2.24) is 9.80 Å². The number of hydrogen-bond donors (Lipinski definition) is 2. The van der Waals surface area contributed by atoms with Gasteiger partial charge in [-0.2, -0.15) is 87.8 Å². The lowest BCUT2D eigenvalue weighted by atomic mass is 9.80. The Bertz CT molecular complexity index is 1320. The molecule has 1 rings (SSSR count). The fraction of sp³-hybridized carbons (Fsp3) is 0.913. The number of rotatable bonds is 16. The molecule has 314 valence electrons. The van der Waals surface area contributed by atoms with E-state index in [4.69, 9.17) is 0 Å². The molecule has 1 aliphatic carbocycles. The Kier molecular flexibility index (Phi) is 12.8. The van der Waals surface area contributed by atoms with E-state index in [1.807, 2.05) is 0 Å². The molecule has 0 heterocycles. The van der Waals surface area contributed by atoms with Crippen LogP contribution >= 0.6 is 0 Å². The van der Waals surface area contributed by atoms with Gasteiger partial charge in [0.25, 0.3) is 0 Å². The average Bonchev–Trinajstić information content (AvgIpc) is 2.97. The molecule has 3 unspecified atom stereocenters. The maximum Gasteiger partial charge on any atom is 0.407 e. The van der Waals surface area contributed by atoms with Gasteiger partial charge in [0.2, 0.25) is 0 Å². The molecule has 0 bridgehead atoms.